The zero-order valence-corrected chi connectivity index (χ0v) is 17.6. The topological polar surface area (TPSA) is 82.0 Å². The molecule has 0 bridgehead atoms. The lowest BCUT2D eigenvalue weighted by Crippen LogP contribution is -2.28. The molecule has 0 spiro atoms. The molecule has 7 nitrogen and oxygen atoms in total. The van der Waals surface area contributed by atoms with Gasteiger partial charge in [-0.05, 0) is 47.0 Å². The summed E-state index contributed by atoms with van der Waals surface area (Å²) in [7, 11) is 1.14. The highest BCUT2D eigenvalue weighted by Gasteiger charge is 2.43. The van der Waals surface area contributed by atoms with Crippen LogP contribution in [0.25, 0.3) is 11.1 Å². The highest BCUT2D eigenvalue weighted by atomic mass is 19.4. The SMILES string of the molecule is COc1ccc(C2(c3cccc(-c4cccnc4F)c3)COC(NOC=O)=N2)cc1C(F)(F)F. The van der Waals surface area contributed by atoms with E-state index in [1.165, 1.54) is 24.4 Å². The molecule has 1 aliphatic rings. The van der Waals surface area contributed by atoms with E-state index in [1.807, 2.05) is 0 Å². The van der Waals surface area contributed by atoms with Gasteiger partial charge in [-0.3, -0.25) is 4.79 Å². The molecule has 1 aliphatic heterocycles. The molecule has 2 aromatic carbocycles. The largest absolute Gasteiger partial charge is 0.496 e. The maximum atomic E-state index is 14.3. The van der Waals surface area contributed by atoms with Gasteiger partial charge in [0.05, 0.1) is 12.7 Å². The van der Waals surface area contributed by atoms with Crippen LogP contribution in [0.5, 0.6) is 5.75 Å². The minimum Gasteiger partial charge on any atom is -0.496 e. The predicted octanol–water partition coefficient (Wildman–Crippen LogP) is 4.22. The van der Waals surface area contributed by atoms with Gasteiger partial charge in [0.1, 0.15) is 12.4 Å². The van der Waals surface area contributed by atoms with E-state index < -0.39 is 23.2 Å². The fraction of sp³-hybridized carbons (Fsp3) is 0.174. The van der Waals surface area contributed by atoms with Gasteiger partial charge in [-0.1, -0.05) is 24.3 Å². The number of pyridine rings is 1. The van der Waals surface area contributed by atoms with Gasteiger partial charge in [0.15, 0.2) is 5.54 Å². The van der Waals surface area contributed by atoms with Crippen molar-refractivity contribution in [3.8, 4) is 16.9 Å². The molecule has 3 aromatic rings. The molecule has 1 aromatic heterocycles. The molecule has 1 unspecified atom stereocenters. The number of halogens is 4. The van der Waals surface area contributed by atoms with Crippen molar-refractivity contribution < 1.29 is 36.7 Å². The summed E-state index contributed by atoms with van der Waals surface area (Å²) in [5.41, 5.74) is 0.902. The molecule has 0 amide bonds. The molecule has 0 saturated carbocycles. The third kappa shape index (κ3) is 4.24. The van der Waals surface area contributed by atoms with E-state index >= 15 is 0 Å². The van der Waals surface area contributed by atoms with E-state index in [1.54, 1.807) is 30.3 Å². The number of carbonyl (C=O) groups excluding carboxylic acids is 1. The predicted molar refractivity (Wildman–Crippen MR) is 112 cm³/mol. The van der Waals surface area contributed by atoms with Crippen molar-refractivity contribution in [3.63, 3.8) is 0 Å². The van der Waals surface area contributed by atoms with Gasteiger partial charge < -0.3 is 14.3 Å². The van der Waals surface area contributed by atoms with Crippen LogP contribution < -0.4 is 10.2 Å². The van der Waals surface area contributed by atoms with Crippen LogP contribution in [0.4, 0.5) is 17.6 Å². The Morgan fingerprint density at radius 1 is 1.12 bits per heavy atom. The lowest BCUT2D eigenvalue weighted by molar-refractivity contribution is -0.138. The van der Waals surface area contributed by atoms with Crippen molar-refractivity contribution in [2.45, 2.75) is 11.7 Å². The summed E-state index contributed by atoms with van der Waals surface area (Å²) in [4.78, 5) is 23.1. The molecule has 1 atom stereocenters. The van der Waals surface area contributed by atoms with Gasteiger partial charge >= 0.3 is 18.7 Å². The quantitative estimate of drug-likeness (QED) is 0.249. The number of nitrogens with zero attached hydrogens (tertiary/aromatic N) is 2. The number of hydroxylamine groups is 1. The van der Waals surface area contributed by atoms with Crippen LogP contribution in [0.15, 0.2) is 65.8 Å². The first kappa shape index (κ1) is 23.0. The Labute approximate surface area is 191 Å². The molecular formula is C23H17F4N3O4. The first-order valence-corrected chi connectivity index (χ1v) is 9.83. The Morgan fingerprint density at radius 2 is 1.91 bits per heavy atom. The van der Waals surface area contributed by atoms with Crippen molar-refractivity contribution >= 4 is 12.5 Å². The Balaban J connectivity index is 1.91. The highest BCUT2D eigenvalue weighted by Crippen LogP contribution is 2.44. The van der Waals surface area contributed by atoms with Gasteiger partial charge in [-0.15, -0.1) is 0 Å². The van der Waals surface area contributed by atoms with Crippen LogP contribution in [0, 0.1) is 5.95 Å². The van der Waals surface area contributed by atoms with Crippen LogP contribution >= 0.6 is 0 Å². The first-order chi connectivity index (χ1) is 16.3. The van der Waals surface area contributed by atoms with E-state index in [2.05, 4.69) is 20.3 Å². The number of alkyl halides is 3. The maximum Gasteiger partial charge on any atom is 0.419 e. The second-order valence-corrected chi connectivity index (χ2v) is 7.22. The summed E-state index contributed by atoms with van der Waals surface area (Å²) >= 11 is 0. The Bertz CT molecular complexity index is 1250. The maximum absolute atomic E-state index is 14.3. The number of amidine groups is 1. The fourth-order valence-electron chi connectivity index (χ4n) is 3.73. The fourth-order valence-corrected chi connectivity index (χ4v) is 3.73. The molecule has 176 valence electrons. The summed E-state index contributed by atoms with van der Waals surface area (Å²) in [6.07, 6.45) is -3.39. The Morgan fingerprint density at radius 3 is 2.62 bits per heavy atom. The van der Waals surface area contributed by atoms with E-state index in [0.29, 0.717) is 11.1 Å². The average molecular weight is 475 g/mol. The van der Waals surface area contributed by atoms with Crippen LogP contribution in [0.1, 0.15) is 16.7 Å². The van der Waals surface area contributed by atoms with E-state index in [4.69, 9.17) is 9.47 Å². The van der Waals surface area contributed by atoms with Crippen LogP contribution in [-0.4, -0.2) is 31.2 Å². The second-order valence-electron chi connectivity index (χ2n) is 7.22. The van der Waals surface area contributed by atoms with Crippen LogP contribution in [0.3, 0.4) is 0 Å². The van der Waals surface area contributed by atoms with E-state index in [9.17, 15) is 22.4 Å². The molecule has 0 aliphatic carbocycles. The van der Waals surface area contributed by atoms with Crippen LogP contribution in [-0.2, 0) is 26.1 Å². The standard InChI is InChI=1S/C23H17F4N3O4/c1-32-19-8-7-16(11-18(19)23(25,26)27)22(12-33-21(29-22)30-34-13-31)15-5-2-4-14(10-15)17-6-3-9-28-20(17)24/h2-11,13H,12H2,1H3,(H,29,30). The lowest BCUT2D eigenvalue weighted by atomic mass is 9.82. The van der Waals surface area contributed by atoms with Crippen LogP contribution in [0.2, 0.25) is 0 Å². The molecule has 11 heteroatoms. The molecule has 0 saturated heterocycles. The van der Waals surface area contributed by atoms with Crippen molar-refractivity contribution in [1.82, 2.24) is 10.5 Å². The van der Waals surface area contributed by atoms with Crippen molar-refractivity contribution in [1.29, 1.82) is 0 Å². The van der Waals surface area contributed by atoms with Gasteiger partial charge in [0.2, 0.25) is 5.95 Å². The number of ether oxygens (including phenoxy) is 2. The van der Waals surface area contributed by atoms with Crippen molar-refractivity contribution in [2.75, 3.05) is 13.7 Å². The molecular weight excluding hydrogens is 458 g/mol. The smallest absolute Gasteiger partial charge is 0.419 e. The molecule has 2 heterocycles. The summed E-state index contributed by atoms with van der Waals surface area (Å²) in [5.74, 6) is -1.06. The number of nitrogens with one attached hydrogen (secondary N) is 1. The summed E-state index contributed by atoms with van der Waals surface area (Å²) in [5, 5.41) is 0. The number of aromatic nitrogens is 1. The highest BCUT2D eigenvalue weighted by molar-refractivity contribution is 5.77. The van der Waals surface area contributed by atoms with Crippen molar-refractivity contribution in [3.05, 3.63) is 83.4 Å². The number of rotatable bonds is 6. The third-order valence-corrected chi connectivity index (χ3v) is 5.30. The van der Waals surface area contributed by atoms with Gasteiger partial charge in [-0.25, -0.2) is 9.98 Å². The van der Waals surface area contributed by atoms with E-state index in [-0.39, 0.29) is 36.0 Å². The molecule has 0 radical (unpaired) electrons. The Hall–Kier alpha value is -4.15. The number of benzene rings is 2. The molecule has 0 fully saturated rings. The molecule has 1 N–H and O–H groups in total. The monoisotopic (exact) mass is 475 g/mol. The number of hydrogen-bond donors (Lipinski definition) is 1. The zero-order chi connectivity index (χ0) is 24.3. The second kappa shape index (κ2) is 9.00. The van der Waals surface area contributed by atoms with Crippen molar-refractivity contribution in [2.24, 2.45) is 4.99 Å². The number of carbonyl (C=O) groups is 1. The summed E-state index contributed by atoms with van der Waals surface area (Å²) < 4.78 is 65.9. The number of methoxy groups -OCH3 is 1. The van der Waals surface area contributed by atoms with E-state index in [0.717, 1.165) is 13.2 Å². The Kier molecular flexibility index (Phi) is 6.10. The summed E-state index contributed by atoms with van der Waals surface area (Å²) in [6, 6.07) is 12.9. The third-order valence-electron chi connectivity index (χ3n) is 5.30. The number of aliphatic imine (C=N–C) groups is 1. The minimum atomic E-state index is -4.70. The molecule has 34 heavy (non-hydrogen) atoms. The first-order valence-electron chi connectivity index (χ1n) is 9.83. The minimum absolute atomic E-state index is 0.104. The molecule has 4 rings (SSSR count). The zero-order valence-electron chi connectivity index (χ0n) is 17.6. The van der Waals surface area contributed by atoms with Gasteiger partial charge in [0, 0.05) is 11.8 Å². The van der Waals surface area contributed by atoms with Gasteiger partial charge in [0.25, 0.3) is 0 Å². The lowest BCUT2D eigenvalue weighted by Gasteiger charge is -2.27. The average Bonchev–Trinajstić information content (AvgIpc) is 3.27. The normalized spacial score (nSPS) is 17.5. The summed E-state index contributed by atoms with van der Waals surface area (Å²) in [6.45, 7) is -0.118. The number of hydrogen-bond acceptors (Lipinski definition) is 7. The van der Waals surface area contributed by atoms with Gasteiger partial charge in [-0.2, -0.15) is 23.0 Å².